The zero-order chi connectivity index (χ0) is 23.6. The van der Waals surface area contributed by atoms with Gasteiger partial charge in [-0.05, 0) is 48.4 Å². The molecule has 1 N–H and O–H groups in total. The maximum atomic E-state index is 13.0. The number of nitrogens with one attached hydrogen (secondary N) is 1. The highest BCUT2D eigenvalue weighted by Gasteiger charge is 2.25. The predicted octanol–water partition coefficient (Wildman–Crippen LogP) is 2.83. The van der Waals surface area contributed by atoms with Crippen LogP contribution < -0.4 is 15.2 Å². The molecule has 1 unspecified atom stereocenters. The maximum absolute atomic E-state index is 13.0. The Labute approximate surface area is 191 Å². The van der Waals surface area contributed by atoms with Crippen LogP contribution in [0.2, 0.25) is 0 Å². The van der Waals surface area contributed by atoms with Crippen molar-refractivity contribution >= 4 is 21.0 Å². The number of methoxy groups -OCH3 is 1. The van der Waals surface area contributed by atoms with Crippen molar-refractivity contribution in [3.63, 3.8) is 0 Å². The number of rotatable bonds is 8. The van der Waals surface area contributed by atoms with Crippen molar-refractivity contribution in [3.8, 4) is 22.6 Å². The zero-order valence-corrected chi connectivity index (χ0v) is 19.3. The van der Waals surface area contributed by atoms with Gasteiger partial charge >= 0.3 is 5.69 Å². The second-order valence-electron chi connectivity index (χ2n) is 7.58. The Morgan fingerprint density at radius 2 is 1.85 bits per heavy atom. The highest BCUT2D eigenvalue weighted by Crippen LogP contribution is 2.33. The molecule has 0 aliphatic rings. The molecule has 0 bridgehead atoms. The van der Waals surface area contributed by atoms with Crippen molar-refractivity contribution in [3.05, 3.63) is 71.0 Å². The number of ether oxygens (including phenoxy) is 2. The molecular weight excluding hydrogens is 444 g/mol. The fourth-order valence-electron chi connectivity index (χ4n) is 3.78. The molecule has 3 heterocycles. The minimum absolute atomic E-state index is 0.286. The first-order chi connectivity index (χ1) is 15.8. The third kappa shape index (κ3) is 4.75. The molecule has 9 nitrogen and oxygen atoms in total. The zero-order valence-electron chi connectivity index (χ0n) is 18.5. The van der Waals surface area contributed by atoms with Gasteiger partial charge in [0.2, 0.25) is 0 Å². The van der Waals surface area contributed by atoms with E-state index in [1.807, 2.05) is 25.1 Å². The number of pyridine rings is 2. The SMILES string of the molecule is CCOc1cc(C(CS(C)(=O)=O)n2c(=O)[nH]c3cc(-c4ccncc4)cnc32)ccc1OC. The van der Waals surface area contributed by atoms with E-state index >= 15 is 0 Å². The summed E-state index contributed by atoms with van der Waals surface area (Å²) in [6.07, 6.45) is 6.14. The number of nitrogens with zero attached hydrogens (tertiary/aromatic N) is 3. The summed E-state index contributed by atoms with van der Waals surface area (Å²) in [5, 5.41) is 0. The summed E-state index contributed by atoms with van der Waals surface area (Å²) in [6, 6.07) is 9.82. The molecule has 1 aromatic carbocycles. The highest BCUT2D eigenvalue weighted by molar-refractivity contribution is 7.90. The van der Waals surface area contributed by atoms with E-state index in [2.05, 4.69) is 15.0 Å². The van der Waals surface area contributed by atoms with E-state index in [4.69, 9.17) is 9.47 Å². The van der Waals surface area contributed by atoms with Crippen LogP contribution in [0.5, 0.6) is 11.5 Å². The van der Waals surface area contributed by atoms with Crippen molar-refractivity contribution in [2.24, 2.45) is 0 Å². The molecule has 33 heavy (non-hydrogen) atoms. The van der Waals surface area contributed by atoms with E-state index < -0.39 is 21.6 Å². The van der Waals surface area contributed by atoms with Crippen LogP contribution in [0.15, 0.2) is 59.8 Å². The molecule has 0 amide bonds. The van der Waals surface area contributed by atoms with Crippen LogP contribution in [0.4, 0.5) is 0 Å². The quantitative estimate of drug-likeness (QED) is 0.423. The van der Waals surface area contributed by atoms with Gasteiger partial charge in [0.05, 0.1) is 31.0 Å². The molecule has 4 rings (SSSR count). The summed E-state index contributed by atoms with van der Waals surface area (Å²) >= 11 is 0. The highest BCUT2D eigenvalue weighted by atomic mass is 32.2. The van der Waals surface area contributed by atoms with Crippen molar-refractivity contribution in [2.45, 2.75) is 13.0 Å². The topological polar surface area (TPSA) is 116 Å². The van der Waals surface area contributed by atoms with Crippen LogP contribution in [0.3, 0.4) is 0 Å². The van der Waals surface area contributed by atoms with Crippen molar-refractivity contribution in [2.75, 3.05) is 25.7 Å². The molecule has 0 fully saturated rings. The minimum atomic E-state index is -3.46. The van der Waals surface area contributed by atoms with Gasteiger partial charge in [-0.25, -0.2) is 18.2 Å². The van der Waals surface area contributed by atoms with Crippen molar-refractivity contribution in [1.82, 2.24) is 19.5 Å². The fraction of sp³-hybridized carbons (Fsp3) is 0.261. The third-order valence-electron chi connectivity index (χ3n) is 5.21. The Morgan fingerprint density at radius 1 is 1.09 bits per heavy atom. The number of hydrogen-bond acceptors (Lipinski definition) is 7. The Morgan fingerprint density at radius 3 is 2.52 bits per heavy atom. The Bertz CT molecular complexity index is 1440. The summed E-state index contributed by atoms with van der Waals surface area (Å²) in [5.41, 5.74) is 2.71. The number of H-pyrrole nitrogens is 1. The second-order valence-corrected chi connectivity index (χ2v) is 9.77. The van der Waals surface area contributed by atoms with E-state index in [9.17, 15) is 13.2 Å². The van der Waals surface area contributed by atoms with E-state index in [0.717, 1.165) is 17.4 Å². The lowest BCUT2D eigenvalue weighted by atomic mass is 10.1. The average Bonchev–Trinajstić information content (AvgIpc) is 3.12. The molecule has 10 heteroatoms. The Hall–Kier alpha value is -3.66. The van der Waals surface area contributed by atoms with Gasteiger partial charge in [-0.3, -0.25) is 9.55 Å². The molecule has 172 valence electrons. The van der Waals surface area contributed by atoms with Gasteiger partial charge in [0, 0.05) is 30.4 Å². The molecular formula is C23H24N4O5S. The standard InChI is InChI=1S/C23H24N4O5S/c1-4-32-21-12-16(5-6-20(21)31-2)19(14-33(3,29)30)27-22-18(26-23(27)28)11-17(13-25-22)15-7-9-24-10-8-15/h5-13,19H,4,14H2,1-3H3,(H,26,28). The summed E-state index contributed by atoms with van der Waals surface area (Å²) in [6.45, 7) is 2.25. The summed E-state index contributed by atoms with van der Waals surface area (Å²) in [5.74, 6) is 0.702. The molecule has 4 aromatic rings. The van der Waals surface area contributed by atoms with Crippen LogP contribution in [0, 0.1) is 0 Å². The fourth-order valence-corrected chi connectivity index (χ4v) is 4.70. The molecule has 0 aliphatic heterocycles. The van der Waals surface area contributed by atoms with Gasteiger partial charge in [-0.2, -0.15) is 0 Å². The molecule has 3 aromatic heterocycles. The average molecular weight is 469 g/mol. The lowest BCUT2D eigenvalue weighted by Crippen LogP contribution is -2.28. The van der Waals surface area contributed by atoms with Gasteiger partial charge in [-0.1, -0.05) is 6.07 Å². The minimum Gasteiger partial charge on any atom is -0.493 e. The van der Waals surface area contributed by atoms with Gasteiger partial charge in [0.25, 0.3) is 0 Å². The predicted molar refractivity (Wildman–Crippen MR) is 126 cm³/mol. The van der Waals surface area contributed by atoms with Gasteiger partial charge < -0.3 is 14.5 Å². The van der Waals surface area contributed by atoms with E-state index in [1.54, 1.807) is 36.8 Å². The monoisotopic (exact) mass is 468 g/mol. The largest absolute Gasteiger partial charge is 0.493 e. The maximum Gasteiger partial charge on any atom is 0.328 e. The molecule has 0 aliphatic carbocycles. The summed E-state index contributed by atoms with van der Waals surface area (Å²) in [7, 11) is -1.93. The number of imidazole rings is 1. The number of aromatic amines is 1. The molecule has 0 spiro atoms. The Balaban J connectivity index is 1.88. The summed E-state index contributed by atoms with van der Waals surface area (Å²) in [4.78, 5) is 24.4. The normalized spacial score (nSPS) is 12.6. The number of aromatic nitrogens is 4. The molecule has 0 saturated carbocycles. The molecule has 0 saturated heterocycles. The van der Waals surface area contributed by atoms with Crippen LogP contribution in [0.1, 0.15) is 18.5 Å². The van der Waals surface area contributed by atoms with Crippen LogP contribution in [0.25, 0.3) is 22.3 Å². The first-order valence-corrected chi connectivity index (χ1v) is 12.4. The Kier molecular flexibility index (Phi) is 6.19. The second kappa shape index (κ2) is 9.07. The molecule has 0 radical (unpaired) electrons. The number of benzene rings is 1. The van der Waals surface area contributed by atoms with Gasteiger partial charge in [0.1, 0.15) is 9.84 Å². The summed E-state index contributed by atoms with van der Waals surface area (Å²) < 4.78 is 37.0. The van der Waals surface area contributed by atoms with Crippen molar-refractivity contribution in [1.29, 1.82) is 0 Å². The number of fused-ring (bicyclic) bond motifs is 1. The number of sulfone groups is 1. The number of hydrogen-bond donors (Lipinski definition) is 1. The van der Waals surface area contributed by atoms with Crippen LogP contribution in [-0.4, -0.2) is 53.7 Å². The van der Waals surface area contributed by atoms with E-state index in [1.165, 1.54) is 11.7 Å². The molecule has 1 atom stereocenters. The first kappa shape index (κ1) is 22.5. The van der Waals surface area contributed by atoms with Gasteiger partial charge in [-0.15, -0.1) is 0 Å². The van der Waals surface area contributed by atoms with E-state index in [-0.39, 0.29) is 5.75 Å². The van der Waals surface area contributed by atoms with Crippen LogP contribution >= 0.6 is 0 Å². The lowest BCUT2D eigenvalue weighted by molar-refractivity contribution is 0.310. The van der Waals surface area contributed by atoms with Crippen molar-refractivity contribution < 1.29 is 17.9 Å². The van der Waals surface area contributed by atoms with E-state index in [0.29, 0.717) is 34.8 Å². The lowest BCUT2D eigenvalue weighted by Gasteiger charge is -2.20. The third-order valence-corrected chi connectivity index (χ3v) is 6.13. The first-order valence-electron chi connectivity index (χ1n) is 10.3. The van der Waals surface area contributed by atoms with Crippen LogP contribution in [-0.2, 0) is 9.84 Å². The smallest absolute Gasteiger partial charge is 0.328 e. The van der Waals surface area contributed by atoms with Gasteiger partial charge in [0.15, 0.2) is 17.1 Å².